The van der Waals surface area contributed by atoms with Crippen LogP contribution in [0.5, 0.6) is 0 Å². The molecule has 0 saturated heterocycles. The van der Waals surface area contributed by atoms with Gasteiger partial charge in [-0.15, -0.1) is 0 Å². The number of benzene rings is 3. The number of rotatable bonds is 4. The zero-order valence-corrected chi connectivity index (χ0v) is 15.6. The van der Waals surface area contributed by atoms with E-state index in [1.165, 1.54) is 11.1 Å². The molecule has 0 unspecified atom stereocenters. The molecular formula is C24H22N2O2. The van der Waals surface area contributed by atoms with Crippen LogP contribution >= 0.6 is 0 Å². The minimum absolute atomic E-state index is 0.0503. The molecule has 0 aromatic heterocycles. The van der Waals surface area contributed by atoms with Crippen molar-refractivity contribution >= 4 is 11.8 Å². The second kappa shape index (κ2) is 8.09. The SMILES string of the molecule is O=C(NCc1ccc(C(=O)N2CCc3ccccc3C2)cc1)c1ccccc1. The molecule has 28 heavy (non-hydrogen) atoms. The van der Waals surface area contributed by atoms with Crippen LogP contribution in [0.25, 0.3) is 0 Å². The van der Waals surface area contributed by atoms with Crippen molar-refractivity contribution in [3.05, 3.63) is 107 Å². The summed E-state index contributed by atoms with van der Waals surface area (Å²) in [6, 6.07) is 24.9. The molecule has 140 valence electrons. The highest BCUT2D eigenvalue weighted by atomic mass is 16.2. The smallest absolute Gasteiger partial charge is 0.254 e. The number of nitrogens with one attached hydrogen (secondary N) is 1. The highest BCUT2D eigenvalue weighted by Gasteiger charge is 2.21. The van der Waals surface area contributed by atoms with Gasteiger partial charge >= 0.3 is 0 Å². The van der Waals surface area contributed by atoms with Gasteiger partial charge in [0, 0.05) is 30.8 Å². The molecule has 1 aliphatic rings. The van der Waals surface area contributed by atoms with Crippen molar-refractivity contribution in [3.63, 3.8) is 0 Å². The molecule has 2 amide bonds. The third-order valence-electron chi connectivity index (χ3n) is 5.11. The molecule has 3 aromatic rings. The fraction of sp³-hybridized carbons (Fsp3) is 0.167. The Morgan fingerprint density at radius 2 is 1.46 bits per heavy atom. The molecule has 0 fully saturated rings. The van der Waals surface area contributed by atoms with Gasteiger partial charge in [-0.25, -0.2) is 0 Å². The summed E-state index contributed by atoms with van der Waals surface area (Å²) < 4.78 is 0. The lowest BCUT2D eigenvalue weighted by Gasteiger charge is -2.29. The van der Waals surface area contributed by atoms with Crippen LogP contribution in [0.1, 0.15) is 37.4 Å². The summed E-state index contributed by atoms with van der Waals surface area (Å²) in [7, 11) is 0. The number of hydrogen-bond acceptors (Lipinski definition) is 2. The number of fused-ring (bicyclic) bond motifs is 1. The van der Waals surface area contributed by atoms with E-state index >= 15 is 0 Å². The van der Waals surface area contributed by atoms with Crippen molar-refractivity contribution in [1.29, 1.82) is 0 Å². The van der Waals surface area contributed by atoms with Crippen molar-refractivity contribution in [2.45, 2.75) is 19.5 Å². The number of carbonyl (C=O) groups excluding carboxylic acids is 2. The molecule has 0 aliphatic carbocycles. The molecular weight excluding hydrogens is 348 g/mol. The second-order valence-electron chi connectivity index (χ2n) is 6.99. The number of amides is 2. The molecule has 0 spiro atoms. The first-order valence-corrected chi connectivity index (χ1v) is 9.49. The minimum atomic E-state index is -0.104. The van der Waals surface area contributed by atoms with Gasteiger partial charge in [0.1, 0.15) is 0 Å². The highest BCUT2D eigenvalue weighted by Crippen LogP contribution is 2.20. The molecule has 3 aromatic carbocycles. The van der Waals surface area contributed by atoms with Gasteiger partial charge in [0.25, 0.3) is 11.8 Å². The molecule has 4 nitrogen and oxygen atoms in total. The Morgan fingerprint density at radius 1 is 0.786 bits per heavy atom. The maximum Gasteiger partial charge on any atom is 0.254 e. The van der Waals surface area contributed by atoms with Gasteiger partial charge in [0.05, 0.1) is 0 Å². The fourth-order valence-corrected chi connectivity index (χ4v) is 3.49. The summed E-state index contributed by atoms with van der Waals surface area (Å²) in [5, 5.41) is 2.90. The van der Waals surface area contributed by atoms with Gasteiger partial charge in [-0.2, -0.15) is 0 Å². The van der Waals surface area contributed by atoms with Gasteiger partial charge in [-0.05, 0) is 47.4 Å². The van der Waals surface area contributed by atoms with Gasteiger partial charge in [0.15, 0.2) is 0 Å². The van der Waals surface area contributed by atoms with Crippen molar-refractivity contribution in [2.75, 3.05) is 6.54 Å². The van der Waals surface area contributed by atoms with Crippen molar-refractivity contribution in [3.8, 4) is 0 Å². The summed E-state index contributed by atoms with van der Waals surface area (Å²) in [5.74, 6) is -0.0536. The first-order valence-electron chi connectivity index (χ1n) is 9.49. The van der Waals surface area contributed by atoms with Crippen LogP contribution in [0.2, 0.25) is 0 Å². The lowest BCUT2D eigenvalue weighted by atomic mass is 9.99. The van der Waals surface area contributed by atoms with Crippen LogP contribution in [0.4, 0.5) is 0 Å². The van der Waals surface area contributed by atoms with Crippen molar-refractivity contribution in [2.24, 2.45) is 0 Å². The summed E-state index contributed by atoms with van der Waals surface area (Å²) >= 11 is 0. The van der Waals surface area contributed by atoms with Crippen LogP contribution in [0.15, 0.2) is 78.9 Å². The average Bonchev–Trinajstić information content (AvgIpc) is 2.77. The average molecular weight is 370 g/mol. The van der Waals surface area contributed by atoms with E-state index in [-0.39, 0.29) is 11.8 Å². The van der Waals surface area contributed by atoms with E-state index in [2.05, 4.69) is 17.4 Å². The molecule has 1 heterocycles. The first-order chi connectivity index (χ1) is 13.7. The topological polar surface area (TPSA) is 49.4 Å². The van der Waals surface area contributed by atoms with Crippen molar-refractivity contribution < 1.29 is 9.59 Å². The van der Waals surface area contributed by atoms with E-state index < -0.39 is 0 Å². The van der Waals surface area contributed by atoms with Gasteiger partial charge in [-0.3, -0.25) is 9.59 Å². The normalized spacial score (nSPS) is 12.9. The zero-order valence-electron chi connectivity index (χ0n) is 15.6. The molecule has 0 bridgehead atoms. The number of hydrogen-bond donors (Lipinski definition) is 1. The number of carbonyl (C=O) groups is 2. The summed E-state index contributed by atoms with van der Waals surface area (Å²) in [4.78, 5) is 26.9. The lowest BCUT2D eigenvalue weighted by molar-refractivity contribution is 0.0734. The van der Waals surface area contributed by atoms with Gasteiger partial charge in [-0.1, -0.05) is 54.6 Å². The summed E-state index contributed by atoms with van der Waals surface area (Å²) in [6.45, 7) is 1.83. The number of nitrogens with zero attached hydrogens (tertiary/aromatic N) is 1. The summed E-state index contributed by atoms with van der Waals surface area (Å²) in [5.41, 5.74) is 4.83. The monoisotopic (exact) mass is 370 g/mol. The predicted octanol–water partition coefficient (Wildman–Crippen LogP) is 3.82. The molecule has 4 rings (SSSR count). The second-order valence-corrected chi connectivity index (χ2v) is 6.99. The van der Waals surface area contributed by atoms with Crippen LogP contribution in [-0.4, -0.2) is 23.3 Å². The van der Waals surface area contributed by atoms with Crippen LogP contribution in [0.3, 0.4) is 0 Å². The molecule has 4 heteroatoms. The molecule has 0 radical (unpaired) electrons. The Kier molecular flexibility index (Phi) is 5.20. The molecule has 1 N–H and O–H groups in total. The molecule has 1 aliphatic heterocycles. The Hall–Kier alpha value is -3.40. The Labute approximate surface area is 164 Å². The van der Waals surface area contributed by atoms with Crippen LogP contribution < -0.4 is 5.32 Å². The standard InChI is InChI=1S/C24H22N2O2/c27-23(20-7-2-1-3-8-20)25-16-18-10-12-21(13-11-18)24(28)26-15-14-19-6-4-5-9-22(19)17-26/h1-13H,14-17H2,(H,25,27). The Morgan fingerprint density at radius 3 is 2.21 bits per heavy atom. The van der Waals surface area contributed by atoms with Gasteiger partial charge in [0.2, 0.25) is 0 Å². The van der Waals surface area contributed by atoms with Crippen molar-refractivity contribution in [1.82, 2.24) is 10.2 Å². The van der Waals surface area contributed by atoms with Crippen LogP contribution in [-0.2, 0) is 19.5 Å². The largest absolute Gasteiger partial charge is 0.348 e. The molecule has 0 saturated carbocycles. The quantitative estimate of drug-likeness (QED) is 0.759. The highest BCUT2D eigenvalue weighted by molar-refractivity contribution is 5.95. The van der Waals surface area contributed by atoms with Gasteiger partial charge < -0.3 is 10.2 Å². The molecule has 0 atom stereocenters. The van der Waals surface area contributed by atoms with E-state index in [0.29, 0.717) is 24.2 Å². The third-order valence-corrected chi connectivity index (χ3v) is 5.11. The van der Waals surface area contributed by atoms with E-state index in [9.17, 15) is 9.59 Å². The first kappa shape index (κ1) is 18.0. The maximum atomic E-state index is 12.8. The fourth-order valence-electron chi connectivity index (χ4n) is 3.49. The minimum Gasteiger partial charge on any atom is -0.348 e. The van der Waals surface area contributed by atoms with E-state index in [1.54, 1.807) is 12.1 Å². The Balaban J connectivity index is 1.37. The third kappa shape index (κ3) is 3.96. The summed E-state index contributed by atoms with van der Waals surface area (Å²) in [6.07, 6.45) is 0.894. The Bertz CT molecular complexity index is 981. The van der Waals surface area contributed by atoms with E-state index in [1.807, 2.05) is 59.5 Å². The lowest BCUT2D eigenvalue weighted by Crippen LogP contribution is -2.35. The van der Waals surface area contributed by atoms with E-state index in [4.69, 9.17) is 0 Å². The van der Waals surface area contributed by atoms with E-state index in [0.717, 1.165) is 18.5 Å². The van der Waals surface area contributed by atoms with Crippen LogP contribution in [0, 0.1) is 0 Å². The predicted molar refractivity (Wildman–Crippen MR) is 109 cm³/mol. The zero-order chi connectivity index (χ0) is 19.3. The maximum absolute atomic E-state index is 12.8.